The molecule has 0 spiro atoms. The van der Waals surface area contributed by atoms with Crippen LogP contribution in [0.1, 0.15) is 18.2 Å². The molecule has 1 heterocycles. The van der Waals surface area contributed by atoms with Crippen molar-refractivity contribution in [3.63, 3.8) is 0 Å². The summed E-state index contributed by atoms with van der Waals surface area (Å²) in [6, 6.07) is 8.48. The molecule has 1 N–H and O–H groups in total. The third kappa shape index (κ3) is 1.80. The Hall–Kier alpha value is -1.57. The van der Waals surface area contributed by atoms with Gasteiger partial charge in [-0.05, 0) is 43.2 Å². The number of nitrogens with zero attached hydrogens (tertiary/aromatic N) is 1. The average Bonchev–Trinajstić information content (AvgIpc) is 2.27. The van der Waals surface area contributed by atoms with Crippen molar-refractivity contribution in [2.24, 2.45) is 0 Å². The molecular weight excluding hydrogens is 184 g/mol. The minimum absolute atomic E-state index is 1.05. The molecule has 0 aliphatic carbocycles. The number of nitrogens with one attached hydrogen (secondary N) is 1. The van der Waals surface area contributed by atoms with E-state index in [1.807, 2.05) is 14.0 Å². The van der Waals surface area contributed by atoms with Gasteiger partial charge in [-0.15, -0.1) is 0 Å². The van der Waals surface area contributed by atoms with Gasteiger partial charge in [0.15, 0.2) is 0 Å². The molecule has 0 fully saturated rings. The van der Waals surface area contributed by atoms with E-state index in [2.05, 4.69) is 41.5 Å². The molecule has 0 atom stereocenters. The van der Waals surface area contributed by atoms with Crippen molar-refractivity contribution in [3.05, 3.63) is 35.5 Å². The van der Waals surface area contributed by atoms with E-state index in [1.165, 1.54) is 10.9 Å². The molecule has 0 saturated heterocycles. The Morgan fingerprint density at radius 3 is 2.73 bits per heavy atom. The monoisotopic (exact) mass is 200 g/mol. The van der Waals surface area contributed by atoms with Crippen LogP contribution in [0.15, 0.2) is 24.3 Å². The molecule has 0 bridgehead atoms. The number of rotatable bonds is 2. The summed E-state index contributed by atoms with van der Waals surface area (Å²) in [4.78, 5) is 4.53. The van der Waals surface area contributed by atoms with Gasteiger partial charge >= 0.3 is 0 Å². The van der Waals surface area contributed by atoms with E-state index in [0.717, 1.165) is 23.3 Å². The normalized spacial score (nSPS) is 10.6. The van der Waals surface area contributed by atoms with Crippen molar-refractivity contribution in [2.45, 2.75) is 20.3 Å². The first-order valence-corrected chi connectivity index (χ1v) is 5.32. The molecule has 1 aromatic carbocycles. The van der Waals surface area contributed by atoms with Crippen LogP contribution in [0.4, 0.5) is 5.69 Å². The predicted molar refractivity (Wildman–Crippen MR) is 65.4 cm³/mol. The fourth-order valence-electron chi connectivity index (χ4n) is 1.89. The summed E-state index contributed by atoms with van der Waals surface area (Å²) in [5.74, 6) is 0. The minimum Gasteiger partial charge on any atom is -0.388 e. The predicted octanol–water partition coefficient (Wildman–Crippen LogP) is 3.15. The van der Waals surface area contributed by atoms with Crippen LogP contribution in [0.2, 0.25) is 0 Å². The second-order valence-corrected chi connectivity index (χ2v) is 3.76. The maximum absolute atomic E-state index is 4.53. The van der Waals surface area contributed by atoms with Crippen LogP contribution in [0.3, 0.4) is 0 Å². The highest BCUT2D eigenvalue weighted by Gasteiger charge is 2.02. The van der Waals surface area contributed by atoms with Gasteiger partial charge in [-0.2, -0.15) is 0 Å². The maximum atomic E-state index is 4.53. The third-order valence-electron chi connectivity index (χ3n) is 2.69. The lowest BCUT2D eigenvalue weighted by Gasteiger charge is -2.07. The first kappa shape index (κ1) is 9.97. The van der Waals surface area contributed by atoms with E-state index in [4.69, 9.17) is 0 Å². The summed E-state index contributed by atoms with van der Waals surface area (Å²) >= 11 is 0. The number of pyridine rings is 1. The van der Waals surface area contributed by atoms with E-state index >= 15 is 0 Å². The average molecular weight is 200 g/mol. The second kappa shape index (κ2) is 3.89. The van der Waals surface area contributed by atoms with E-state index in [1.54, 1.807) is 0 Å². The van der Waals surface area contributed by atoms with Crippen molar-refractivity contribution in [1.82, 2.24) is 4.98 Å². The first-order chi connectivity index (χ1) is 7.24. The van der Waals surface area contributed by atoms with Gasteiger partial charge in [-0.1, -0.05) is 6.92 Å². The fourth-order valence-corrected chi connectivity index (χ4v) is 1.89. The van der Waals surface area contributed by atoms with E-state index in [0.29, 0.717) is 0 Å². The van der Waals surface area contributed by atoms with Crippen molar-refractivity contribution in [3.8, 4) is 0 Å². The Kier molecular flexibility index (Phi) is 2.58. The number of benzene rings is 1. The number of aryl methyl sites for hydroxylation is 2. The zero-order valence-corrected chi connectivity index (χ0v) is 9.46. The Morgan fingerprint density at radius 2 is 2.07 bits per heavy atom. The van der Waals surface area contributed by atoms with Gasteiger partial charge in [0, 0.05) is 23.8 Å². The van der Waals surface area contributed by atoms with Crippen LogP contribution in [-0.2, 0) is 6.42 Å². The number of hydrogen-bond acceptors (Lipinski definition) is 2. The fraction of sp³-hybridized carbons (Fsp3) is 0.308. The zero-order chi connectivity index (χ0) is 10.8. The van der Waals surface area contributed by atoms with Gasteiger partial charge < -0.3 is 5.32 Å². The minimum atomic E-state index is 1.05. The summed E-state index contributed by atoms with van der Waals surface area (Å²) < 4.78 is 0. The molecule has 2 heteroatoms. The van der Waals surface area contributed by atoms with Gasteiger partial charge in [0.1, 0.15) is 0 Å². The standard InChI is InChI=1S/C13H16N2/c1-4-10-7-9(2)15-13-6-5-11(14-3)8-12(10)13/h5-8,14H,4H2,1-3H3. The molecule has 0 amide bonds. The van der Waals surface area contributed by atoms with Crippen molar-refractivity contribution >= 4 is 16.6 Å². The maximum Gasteiger partial charge on any atom is 0.0709 e. The summed E-state index contributed by atoms with van der Waals surface area (Å²) in [7, 11) is 1.94. The van der Waals surface area contributed by atoms with E-state index in [-0.39, 0.29) is 0 Å². The lowest BCUT2D eigenvalue weighted by molar-refractivity contribution is 1.12. The van der Waals surface area contributed by atoms with Gasteiger partial charge in [-0.3, -0.25) is 4.98 Å². The molecule has 2 aromatic rings. The Morgan fingerprint density at radius 1 is 1.27 bits per heavy atom. The molecular formula is C13H16N2. The highest BCUT2D eigenvalue weighted by Crippen LogP contribution is 2.22. The highest BCUT2D eigenvalue weighted by molar-refractivity contribution is 5.85. The largest absolute Gasteiger partial charge is 0.388 e. The Labute approximate surface area is 90.3 Å². The number of anilines is 1. The number of fused-ring (bicyclic) bond motifs is 1. The molecule has 0 radical (unpaired) electrons. The molecule has 2 rings (SSSR count). The van der Waals surface area contributed by atoms with Crippen LogP contribution in [-0.4, -0.2) is 12.0 Å². The highest BCUT2D eigenvalue weighted by atomic mass is 14.8. The summed E-state index contributed by atoms with van der Waals surface area (Å²) in [6.07, 6.45) is 1.05. The summed E-state index contributed by atoms with van der Waals surface area (Å²) in [6.45, 7) is 4.23. The molecule has 1 aromatic heterocycles. The third-order valence-corrected chi connectivity index (χ3v) is 2.69. The Balaban J connectivity index is 2.73. The van der Waals surface area contributed by atoms with Crippen LogP contribution >= 0.6 is 0 Å². The molecule has 2 nitrogen and oxygen atoms in total. The molecule has 0 aliphatic heterocycles. The first-order valence-electron chi connectivity index (χ1n) is 5.32. The van der Waals surface area contributed by atoms with Crippen molar-refractivity contribution in [1.29, 1.82) is 0 Å². The molecule has 78 valence electrons. The van der Waals surface area contributed by atoms with Gasteiger partial charge in [0.2, 0.25) is 0 Å². The van der Waals surface area contributed by atoms with Crippen molar-refractivity contribution in [2.75, 3.05) is 12.4 Å². The zero-order valence-electron chi connectivity index (χ0n) is 9.46. The SMILES string of the molecule is CCc1cc(C)nc2ccc(NC)cc12. The van der Waals surface area contributed by atoms with E-state index < -0.39 is 0 Å². The summed E-state index contributed by atoms with van der Waals surface area (Å²) in [5.41, 5.74) is 4.69. The Bertz CT molecular complexity index is 489. The van der Waals surface area contributed by atoms with Crippen LogP contribution in [0, 0.1) is 6.92 Å². The molecule has 0 unspecified atom stereocenters. The number of hydrogen-bond donors (Lipinski definition) is 1. The molecule has 0 saturated carbocycles. The van der Waals surface area contributed by atoms with Crippen LogP contribution in [0.5, 0.6) is 0 Å². The topological polar surface area (TPSA) is 24.9 Å². The molecule has 0 aliphatic rings. The molecule has 15 heavy (non-hydrogen) atoms. The van der Waals surface area contributed by atoms with Crippen molar-refractivity contribution < 1.29 is 0 Å². The van der Waals surface area contributed by atoms with Gasteiger partial charge in [0.05, 0.1) is 5.52 Å². The number of aromatic nitrogens is 1. The quantitative estimate of drug-likeness (QED) is 0.805. The second-order valence-electron chi connectivity index (χ2n) is 3.76. The van der Waals surface area contributed by atoms with Gasteiger partial charge in [0.25, 0.3) is 0 Å². The smallest absolute Gasteiger partial charge is 0.0709 e. The lowest BCUT2D eigenvalue weighted by Crippen LogP contribution is -1.93. The van der Waals surface area contributed by atoms with Crippen LogP contribution < -0.4 is 5.32 Å². The van der Waals surface area contributed by atoms with Gasteiger partial charge in [-0.25, -0.2) is 0 Å². The summed E-state index contributed by atoms with van der Waals surface area (Å²) in [5, 5.41) is 4.42. The van der Waals surface area contributed by atoms with E-state index in [9.17, 15) is 0 Å². The van der Waals surface area contributed by atoms with Crippen LogP contribution in [0.25, 0.3) is 10.9 Å². The lowest BCUT2D eigenvalue weighted by atomic mass is 10.1.